The van der Waals surface area contributed by atoms with Crippen molar-refractivity contribution in [2.75, 3.05) is 37.9 Å². The van der Waals surface area contributed by atoms with E-state index in [9.17, 15) is 9.59 Å². The van der Waals surface area contributed by atoms with Crippen LogP contribution in [0.25, 0.3) is 0 Å². The number of ether oxygens (including phenoxy) is 4. The van der Waals surface area contributed by atoms with E-state index in [2.05, 4.69) is 25.3 Å². The van der Waals surface area contributed by atoms with Gasteiger partial charge in [-0.25, -0.2) is 0 Å². The van der Waals surface area contributed by atoms with Crippen LogP contribution in [-0.4, -0.2) is 62.1 Å². The van der Waals surface area contributed by atoms with Crippen molar-refractivity contribution in [3.8, 4) is 0 Å². The topological polar surface area (TPSA) is 71.1 Å². The maximum absolute atomic E-state index is 11.7. The fourth-order valence-corrected chi connectivity index (χ4v) is 11.3. The zero-order valence-electron chi connectivity index (χ0n) is 26.4. The Hall–Kier alpha value is -0.440. The van der Waals surface area contributed by atoms with E-state index in [1.807, 2.05) is 0 Å². The molecule has 0 aromatic carbocycles. The van der Waals surface area contributed by atoms with Gasteiger partial charge >= 0.3 is 11.9 Å². The molecule has 0 saturated heterocycles. The van der Waals surface area contributed by atoms with Crippen LogP contribution >= 0.6 is 25.3 Å². The first-order valence-corrected chi connectivity index (χ1v) is 19.1. The zero-order chi connectivity index (χ0) is 30.1. The molecule has 246 valence electrons. The number of carbonyl (C=O) groups is 2. The second-order valence-electron chi connectivity index (χ2n) is 14.2. The average molecular weight is 639 g/mol. The molecule has 0 bridgehead atoms. The highest BCUT2D eigenvalue weighted by atomic mass is 32.1. The van der Waals surface area contributed by atoms with Crippen molar-refractivity contribution in [3.05, 3.63) is 0 Å². The minimum absolute atomic E-state index is 0.178. The monoisotopic (exact) mass is 638 g/mol. The molecule has 8 heteroatoms. The van der Waals surface area contributed by atoms with Crippen LogP contribution in [0.15, 0.2) is 0 Å². The van der Waals surface area contributed by atoms with Gasteiger partial charge in [0.25, 0.3) is 0 Å². The molecule has 0 aromatic heterocycles. The Labute approximate surface area is 271 Å². The van der Waals surface area contributed by atoms with Gasteiger partial charge in [-0.1, -0.05) is 25.7 Å². The van der Waals surface area contributed by atoms with E-state index in [1.165, 1.54) is 77.0 Å². The second-order valence-corrected chi connectivity index (χ2v) is 15.1. The molecule has 0 radical (unpaired) electrons. The fourth-order valence-electron chi connectivity index (χ4n) is 10.9. The van der Waals surface area contributed by atoms with Gasteiger partial charge in [-0.3, -0.25) is 9.59 Å². The van der Waals surface area contributed by atoms with Crippen LogP contribution in [0.5, 0.6) is 0 Å². The highest BCUT2D eigenvalue weighted by molar-refractivity contribution is 7.80. The standard InChI is InChI=1S/C35H58O6S2/c36-33(17-23-42)40-21-19-38-27-13-9-25(10-14-27)35(31-7-3-1-5-29(31)30-6-2-4-8-32(30)35)26-11-15-28(16-12-26)39-20-22-41-34(37)18-24-43/h25-32,42-43H,1-24H2. The van der Waals surface area contributed by atoms with Gasteiger partial charge in [-0.2, -0.15) is 25.3 Å². The quantitative estimate of drug-likeness (QED) is 0.117. The summed E-state index contributed by atoms with van der Waals surface area (Å²) >= 11 is 8.23. The molecule has 4 atom stereocenters. The molecule has 5 aliphatic rings. The molecule has 0 heterocycles. The van der Waals surface area contributed by atoms with Crippen LogP contribution < -0.4 is 0 Å². The highest BCUT2D eigenvalue weighted by Gasteiger charge is 2.65. The molecule has 43 heavy (non-hydrogen) atoms. The van der Waals surface area contributed by atoms with Crippen molar-refractivity contribution in [1.82, 2.24) is 0 Å². The number of hydrogen-bond acceptors (Lipinski definition) is 8. The van der Waals surface area contributed by atoms with Gasteiger partial charge in [-0.15, -0.1) is 0 Å². The number of esters is 2. The number of thiol groups is 2. The minimum atomic E-state index is -0.178. The first-order valence-electron chi connectivity index (χ1n) is 17.8. The lowest BCUT2D eigenvalue weighted by Crippen LogP contribution is -2.51. The Kier molecular flexibility index (Phi) is 13.3. The summed E-state index contributed by atoms with van der Waals surface area (Å²) in [6, 6.07) is 0. The van der Waals surface area contributed by atoms with Crippen LogP contribution in [-0.2, 0) is 28.5 Å². The third kappa shape index (κ3) is 8.11. The Morgan fingerprint density at radius 3 is 1.33 bits per heavy atom. The lowest BCUT2D eigenvalue weighted by molar-refractivity contribution is -0.146. The van der Waals surface area contributed by atoms with Gasteiger partial charge < -0.3 is 18.9 Å². The summed E-state index contributed by atoms with van der Waals surface area (Å²) in [6.45, 7) is 1.72. The summed E-state index contributed by atoms with van der Waals surface area (Å²) in [4.78, 5) is 23.4. The molecular formula is C35H58O6S2. The predicted octanol–water partition coefficient (Wildman–Crippen LogP) is 7.48. The molecule has 4 unspecified atom stereocenters. The summed E-state index contributed by atoms with van der Waals surface area (Å²) in [5, 5.41) is 0. The van der Waals surface area contributed by atoms with Crippen molar-refractivity contribution in [2.24, 2.45) is 40.9 Å². The van der Waals surface area contributed by atoms with E-state index in [1.54, 1.807) is 0 Å². The van der Waals surface area contributed by atoms with Gasteiger partial charge in [0.1, 0.15) is 13.2 Å². The smallest absolute Gasteiger partial charge is 0.306 e. The Morgan fingerprint density at radius 1 is 0.535 bits per heavy atom. The van der Waals surface area contributed by atoms with Gasteiger partial charge in [0.05, 0.1) is 38.3 Å². The second kappa shape index (κ2) is 16.9. The molecule has 0 spiro atoms. The molecule has 0 aliphatic heterocycles. The van der Waals surface area contributed by atoms with Gasteiger partial charge in [-0.05, 0) is 118 Å². The third-order valence-electron chi connectivity index (χ3n) is 12.3. The molecule has 5 saturated carbocycles. The van der Waals surface area contributed by atoms with Crippen LogP contribution in [0.2, 0.25) is 0 Å². The van der Waals surface area contributed by atoms with Crippen molar-refractivity contribution >= 4 is 37.2 Å². The van der Waals surface area contributed by atoms with Crippen LogP contribution in [0.4, 0.5) is 0 Å². The summed E-state index contributed by atoms with van der Waals surface area (Å²) in [6.07, 6.45) is 22.7. The summed E-state index contributed by atoms with van der Waals surface area (Å²) < 4.78 is 23.1. The number of rotatable bonds is 14. The van der Waals surface area contributed by atoms with Gasteiger partial charge in [0.15, 0.2) is 0 Å². The van der Waals surface area contributed by atoms with E-state index in [4.69, 9.17) is 18.9 Å². The Morgan fingerprint density at radius 2 is 0.930 bits per heavy atom. The molecule has 6 nitrogen and oxygen atoms in total. The van der Waals surface area contributed by atoms with E-state index >= 15 is 0 Å². The molecule has 5 rings (SSSR count). The average Bonchev–Trinajstić information content (AvgIpc) is 3.34. The maximum Gasteiger partial charge on any atom is 0.306 e. The van der Waals surface area contributed by atoms with Crippen LogP contribution in [0.3, 0.4) is 0 Å². The van der Waals surface area contributed by atoms with Crippen molar-refractivity contribution in [3.63, 3.8) is 0 Å². The lowest BCUT2D eigenvalue weighted by Gasteiger charge is -2.57. The molecule has 0 N–H and O–H groups in total. The third-order valence-corrected chi connectivity index (χ3v) is 12.7. The number of hydrogen-bond donors (Lipinski definition) is 2. The Balaban J connectivity index is 1.22. The van der Waals surface area contributed by atoms with Crippen molar-refractivity contribution in [2.45, 2.75) is 128 Å². The SMILES string of the molecule is O=C(CCS)OCCOC1CCC(C2(C3CCC(OCCOC(=O)CCS)CC3)C3CCCCC3C3CCCCC32)CC1. The van der Waals surface area contributed by atoms with Gasteiger partial charge in [0, 0.05) is 11.5 Å². The van der Waals surface area contributed by atoms with Gasteiger partial charge in [0.2, 0.25) is 0 Å². The summed E-state index contributed by atoms with van der Waals surface area (Å²) in [7, 11) is 0. The maximum atomic E-state index is 11.7. The van der Waals surface area contributed by atoms with Crippen molar-refractivity contribution < 1.29 is 28.5 Å². The zero-order valence-corrected chi connectivity index (χ0v) is 28.2. The van der Waals surface area contributed by atoms with Crippen LogP contribution in [0.1, 0.15) is 116 Å². The molecule has 5 aliphatic carbocycles. The highest BCUT2D eigenvalue weighted by Crippen LogP contribution is 2.71. The summed E-state index contributed by atoms with van der Waals surface area (Å²) in [5.41, 5.74) is 0.497. The fraction of sp³-hybridized carbons (Fsp3) is 0.943. The van der Waals surface area contributed by atoms with E-state index in [0.717, 1.165) is 61.2 Å². The summed E-state index contributed by atoms with van der Waals surface area (Å²) in [5.74, 6) is 6.07. The number of fused-ring (bicyclic) bond motifs is 3. The molecular weight excluding hydrogens is 581 g/mol. The largest absolute Gasteiger partial charge is 0.463 e. The first-order chi connectivity index (χ1) is 21.1. The van der Waals surface area contributed by atoms with E-state index < -0.39 is 0 Å². The normalized spacial score (nSPS) is 37.7. The first kappa shape index (κ1) is 33.9. The van der Waals surface area contributed by atoms with Crippen molar-refractivity contribution in [1.29, 1.82) is 0 Å². The molecule has 5 fully saturated rings. The molecule has 0 amide bonds. The lowest BCUT2D eigenvalue weighted by atomic mass is 9.48. The minimum Gasteiger partial charge on any atom is -0.463 e. The van der Waals surface area contributed by atoms with E-state index in [-0.39, 0.29) is 11.9 Å². The van der Waals surface area contributed by atoms with Crippen LogP contribution in [0, 0.1) is 40.9 Å². The Bertz CT molecular complexity index is 798. The predicted molar refractivity (Wildman–Crippen MR) is 176 cm³/mol. The van der Waals surface area contributed by atoms with E-state index in [0.29, 0.717) is 68.4 Å². The number of carbonyl (C=O) groups excluding carboxylic acids is 2. The molecule has 0 aromatic rings.